The van der Waals surface area contributed by atoms with Crippen LogP contribution >= 0.6 is 0 Å². The van der Waals surface area contributed by atoms with Gasteiger partial charge in [0.25, 0.3) is 0 Å². The van der Waals surface area contributed by atoms with Gasteiger partial charge in [0.1, 0.15) is 6.61 Å². The fourth-order valence-electron chi connectivity index (χ4n) is 2.38. The van der Waals surface area contributed by atoms with Crippen LogP contribution in [-0.2, 0) is 9.53 Å². The summed E-state index contributed by atoms with van der Waals surface area (Å²) in [5.41, 5.74) is -0.153. The van der Waals surface area contributed by atoms with Crippen molar-refractivity contribution in [1.82, 2.24) is 10.2 Å². The van der Waals surface area contributed by atoms with E-state index in [1.807, 2.05) is 11.8 Å². The molecule has 0 aromatic heterocycles. The Labute approximate surface area is 102 Å². The Morgan fingerprint density at radius 1 is 1.59 bits per heavy atom. The van der Waals surface area contributed by atoms with Gasteiger partial charge in [-0.3, -0.25) is 4.79 Å². The minimum Gasteiger partial charge on any atom is -0.396 e. The molecule has 0 radical (unpaired) electrons. The standard InChI is InChI=1S/C12H22N2O3/c1-12(8-13-9-12)17-7-11(16)14-4-2-10(6-14)3-5-15/h10,13,15H,2-9H2,1H3. The summed E-state index contributed by atoms with van der Waals surface area (Å²) in [6.45, 7) is 5.66. The number of nitrogens with one attached hydrogen (secondary N) is 1. The van der Waals surface area contributed by atoms with Gasteiger partial charge in [-0.1, -0.05) is 0 Å². The molecular formula is C12H22N2O3. The van der Waals surface area contributed by atoms with Gasteiger partial charge in [-0.15, -0.1) is 0 Å². The van der Waals surface area contributed by atoms with Crippen LogP contribution in [0, 0.1) is 5.92 Å². The molecule has 1 unspecified atom stereocenters. The van der Waals surface area contributed by atoms with E-state index in [0.717, 1.165) is 39.0 Å². The minimum atomic E-state index is -0.153. The van der Waals surface area contributed by atoms with E-state index in [1.165, 1.54) is 0 Å². The normalized spacial score (nSPS) is 26.9. The van der Waals surface area contributed by atoms with Crippen molar-refractivity contribution in [3.8, 4) is 0 Å². The molecule has 2 aliphatic heterocycles. The number of hydrogen-bond donors (Lipinski definition) is 2. The van der Waals surface area contributed by atoms with E-state index in [-0.39, 0.29) is 24.7 Å². The van der Waals surface area contributed by atoms with Gasteiger partial charge in [0.15, 0.2) is 0 Å². The highest BCUT2D eigenvalue weighted by atomic mass is 16.5. The van der Waals surface area contributed by atoms with Crippen molar-refractivity contribution in [2.45, 2.75) is 25.4 Å². The number of ether oxygens (including phenoxy) is 1. The van der Waals surface area contributed by atoms with Gasteiger partial charge in [-0.05, 0) is 25.7 Å². The molecular weight excluding hydrogens is 220 g/mol. The van der Waals surface area contributed by atoms with Crippen molar-refractivity contribution in [2.75, 3.05) is 39.4 Å². The molecule has 2 aliphatic rings. The molecule has 0 saturated carbocycles. The summed E-state index contributed by atoms with van der Waals surface area (Å²) in [5, 5.41) is 12.0. The van der Waals surface area contributed by atoms with Crippen molar-refractivity contribution in [1.29, 1.82) is 0 Å². The van der Waals surface area contributed by atoms with Crippen molar-refractivity contribution >= 4 is 5.91 Å². The van der Waals surface area contributed by atoms with E-state index in [9.17, 15) is 4.79 Å². The minimum absolute atomic E-state index is 0.0820. The van der Waals surface area contributed by atoms with Crippen LogP contribution in [0.3, 0.4) is 0 Å². The number of rotatable bonds is 5. The molecule has 5 heteroatoms. The molecule has 2 fully saturated rings. The number of amides is 1. The number of aliphatic hydroxyl groups excluding tert-OH is 1. The quantitative estimate of drug-likeness (QED) is 0.688. The second-order valence-corrected chi connectivity index (χ2v) is 5.35. The second kappa shape index (κ2) is 5.33. The molecule has 0 aliphatic carbocycles. The molecule has 2 N–H and O–H groups in total. The third-order valence-electron chi connectivity index (χ3n) is 3.72. The summed E-state index contributed by atoms with van der Waals surface area (Å²) >= 11 is 0. The van der Waals surface area contributed by atoms with Crippen molar-refractivity contribution in [3.63, 3.8) is 0 Å². The zero-order chi connectivity index (χ0) is 12.3. The molecule has 0 aromatic carbocycles. The van der Waals surface area contributed by atoms with E-state index in [1.54, 1.807) is 0 Å². The lowest BCUT2D eigenvalue weighted by atomic mass is 10.0. The van der Waals surface area contributed by atoms with E-state index in [0.29, 0.717) is 5.92 Å². The molecule has 5 nitrogen and oxygen atoms in total. The monoisotopic (exact) mass is 242 g/mol. The average Bonchev–Trinajstić information content (AvgIpc) is 2.72. The highest BCUT2D eigenvalue weighted by Gasteiger charge is 2.34. The third-order valence-corrected chi connectivity index (χ3v) is 3.72. The first-order valence-electron chi connectivity index (χ1n) is 6.36. The molecule has 1 atom stereocenters. The zero-order valence-corrected chi connectivity index (χ0v) is 10.4. The van der Waals surface area contributed by atoms with Crippen LogP contribution in [0.25, 0.3) is 0 Å². The fourth-order valence-corrected chi connectivity index (χ4v) is 2.38. The average molecular weight is 242 g/mol. The van der Waals surface area contributed by atoms with Crippen LogP contribution in [0.4, 0.5) is 0 Å². The zero-order valence-electron chi connectivity index (χ0n) is 10.4. The lowest BCUT2D eigenvalue weighted by molar-refractivity contribution is -0.145. The van der Waals surface area contributed by atoms with Crippen LogP contribution < -0.4 is 5.32 Å². The SMILES string of the molecule is CC1(OCC(=O)N2CCC(CCO)C2)CNC1. The van der Waals surface area contributed by atoms with E-state index in [4.69, 9.17) is 9.84 Å². The first-order valence-corrected chi connectivity index (χ1v) is 6.36. The van der Waals surface area contributed by atoms with Gasteiger partial charge in [0.05, 0.1) is 5.60 Å². The van der Waals surface area contributed by atoms with Gasteiger partial charge < -0.3 is 20.1 Å². The summed E-state index contributed by atoms with van der Waals surface area (Å²) in [5.74, 6) is 0.545. The molecule has 0 spiro atoms. The van der Waals surface area contributed by atoms with Crippen molar-refractivity contribution in [2.24, 2.45) is 5.92 Å². The van der Waals surface area contributed by atoms with Crippen LogP contribution in [0.5, 0.6) is 0 Å². The first kappa shape index (κ1) is 12.8. The molecule has 1 amide bonds. The van der Waals surface area contributed by atoms with Crippen molar-refractivity contribution in [3.05, 3.63) is 0 Å². The topological polar surface area (TPSA) is 61.8 Å². The summed E-state index contributed by atoms with van der Waals surface area (Å²) < 4.78 is 5.63. The molecule has 0 aromatic rings. The van der Waals surface area contributed by atoms with Gasteiger partial charge in [0, 0.05) is 32.8 Å². The lowest BCUT2D eigenvalue weighted by Gasteiger charge is -2.39. The summed E-state index contributed by atoms with van der Waals surface area (Å²) in [6, 6.07) is 0. The van der Waals surface area contributed by atoms with E-state index >= 15 is 0 Å². The largest absolute Gasteiger partial charge is 0.396 e. The predicted octanol–water partition coefficient (Wildman–Crippen LogP) is -0.404. The first-order chi connectivity index (χ1) is 8.13. The Morgan fingerprint density at radius 2 is 2.35 bits per heavy atom. The Balaban J connectivity index is 1.70. The predicted molar refractivity (Wildman–Crippen MR) is 63.6 cm³/mol. The number of likely N-dealkylation sites (tertiary alicyclic amines) is 1. The van der Waals surface area contributed by atoms with Crippen LogP contribution in [0.1, 0.15) is 19.8 Å². The second-order valence-electron chi connectivity index (χ2n) is 5.35. The summed E-state index contributed by atoms with van der Waals surface area (Å²) in [4.78, 5) is 13.8. The number of nitrogens with zero attached hydrogens (tertiary/aromatic N) is 1. The van der Waals surface area contributed by atoms with E-state index in [2.05, 4.69) is 5.32 Å². The number of aliphatic hydroxyl groups is 1. The van der Waals surface area contributed by atoms with Gasteiger partial charge in [-0.25, -0.2) is 0 Å². The van der Waals surface area contributed by atoms with Gasteiger partial charge >= 0.3 is 0 Å². The maximum atomic E-state index is 11.9. The Kier molecular flexibility index (Phi) is 4.01. The summed E-state index contributed by atoms with van der Waals surface area (Å²) in [7, 11) is 0. The molecule has 17 heavy (non-hydrogen) atoms. The Morgan fingerprint density at radius 3 is 2.94 bits per heavy atom. The highest BCUT2D eigenvalue weighted by molar-refractivity contribution is 5.77. The van der Waals surface area contributed by atoms with Gasteiger partial charge in [-0.2, -0.15) is 0 Å². The smallest absolute Gasteiger partial charge is 0.248 e. The third kappa shape index (κ3) is 3.18. The fraction of sp³-hybridized carbons (Fsp3) is 0.917. The highest BCUT2D eigenvalue weighted by Crippen LogP contribution is 2.20. The van der Waals surface area contributed by atoms with Crippen LogP contribution in [-0.4, -0.2) is 60.9 Å². The molecule has 98 valence electrons. The van der Waals surface area contributed by atoms with Crippen molar-refractivity contribution < 1.29 is 14.6 Å². The van der Waals surface area contributed by atoms with Crippen LogP contribution in [0.2, 0.25) is 0 Å². The molecule has 2 saturated heterocycles. The number of carbonyl (C=O) groups excluding carboxylic acids is 1. The maximum Gasteiger partial charge on any atom is 0.248 e. The molecule has 2 rings (SSSR count). The maximum absolute atomic E-state index is 11.9. The Bertz CT molecular complexity index is 279. The van der Waals surface area contributed by atoms with Crippen LogP contribution in [0.15, 0.2) is 0 Å². The molecule has 0 bridgehead atoms. The van der Waals surface area contributed by atoms with E-state index < -0.39 is 0 Å². The van der Waals surface area contributed by atoms with Gasteiger partial charge in [0.2, 0.25) is 5.91 Å². The molecule has 2 heterocycles. The number of carbonyl (C=O) groups is 1. The number of hydrogen-bond acceptors (Lipinski definition) is 4. The Hall–Kier alpha value is -0.650. The summed E-state index contributed by atoms with van der Waals surface area (Å²) in [6.07, 6.45) is 1.80. The lowest BCUT2D eigenvalue weighted by Crippen LogP contribution is -2.59.